The Balaban J connectivity index is 1.82. The number of amides is 2. The Bertz CT molecular complexity index is 582. The molecule has 4 nitrogen and oxygen atoms in total. The predicted molar refractivity (Wildman–Crippen MR) is 82.1 cm³/mol. The van der Waals surface area contributed by atoms with Crippen LogP contribution in [0.3, 0.4) is 0 Å². The molecule has 3 rings (SSSR count). The van der Waals surface area contributed by atoms with Gasteiger partial charge in [0.05, 0.1) is 5.92 Å². The Morgan fingerprint density at radius 2 is 1.95 bits per heavy atom. The van der Waals surface area contributed by atoms with E-state index in [2.05, 4.69) is 13.0 Å². The summed E-state index contributed by atoms with van der Waals surface area (Å²) in [5, 5.41) is 0. The van der Waals surface area contributed by atoms with Gasteiger partial charge in [0.2, 0.25) is 11.8 Å². The summed E-state index contributed by atoms with van der Waals surface area (Å²) in [6.45, 7) is 6.63. The van der Waals surface area contributed by atoms with Crippen molar-refractivity contribution < 1.29 is 9.59 Å². The van der Waals surface area contributed by atoms with Gasteiger partial charge in [-0.15, -0.1) is 0 Å². The smallest absolute Gasteiger partial charge is 0.232 e. The molecule has 0 saturated carbocycles. The Kier molecular flexibility index (Phi) is 3.47. The second-order valence-corrected chi connectivity index (χ2v) is 6.43. The molecule has 0 bridgehead atoms. The van der Waals surface area contributed by atoms with Gasteiger partial charge >= 0.3 is 0 Å². The number of carbonyl (C=O) groups excluding carboxylic acids is 2. The third-order valence-electron chi connectivity index (χ3n) is 4.58. The first-order chi connectivity index (χ1) is 9.99. The van der Waals surface area contributed by atoms with Crippen LogP contribution in [-0.2, 0) is 16.0 Å². The lowest BCUT2D eigenvalue weighted by molar-refractivity contribution is -0.129. The number of hydrogen-bond acceptors (Lipinski definition) is 2. The third-order valence-corrected chi connectivity index (χ3v) is 4.58. The lowest BCUT2D eigenvalue weighted by Gasteiger charge is -2.26. The van der Waals surface area contributed by atoms with Gasteiger partial charge in [-0.2, -0.15) is 0 Å². The van der Waals surface area contributed by atoms with Gasteiger partial charge in [0.1, 0.15) is 0 Å². The predicted octanol–water partition coefficient (Wildman–Crippen LogP) is 2.22. The minimum atomic E-state index is -0.200. The minimum Gasteiger partial charge on any atom is -0.339 e. The van der Waals surface area contributed by atoms with Crippen LogP contribution in [0.4, 0.5) is 5.69 Å². The van der Waals surface area contributed by atoms with Crippen molar-refractivity contribution in [3.05, 3.63) is 29.8 Å². The summed E-state index contributed by atoms with van der Waals surface area (Å²) in [4.78, 5) is 28.6. The number of rotatable bonds is 2. The van der Waals surface area contributed by atoms with Crippen LogP contribution in [0.25, 0.3) is 0 Å². The van der Waals surface area contributed by atoms with E-state index >= 15 is 0 Å². The van der Waals surface area contributed by atoms with Gasteiger partial charge in [0, 0.05) is 30.7 Å². The molecule has 1 aromatic carbocycles. The minimum absolute atomic E-state index is 0.100. The average Bonchev–Trinajstić information content (AvgIpc) is 2.97. The zero-order valence-electron chi connectivity index (χ0n) is 12.9. The Hall–Kier alpha value is -1.84. The molecule has 0 unspecified atom stereocenters. The van der Waals surface area contributed by atoms with Crippen LogP contribution >= 0.6 is 0 Å². The molecule has 112 valence electrons. The fraction of sp³-hybridized carbons (Fsp3) is 0.529. The van der Waals surface area contributed by atoms with Crippen LogP contribution < -0.4 is 4.90 Å². The van der Waals surface area contributed by atoms with E-state index in [0.29, 0.717) is 13.0 Å². The maximum absolute atomic E-state index is 12.9. The van der Waals surface area contributed by atoms with Crippen LogP contribution in [0.5, 0.6) is 0 Å². The largest absolute Gasteiger partial charge is 0.339 e. The topological polar surface area (TPSA) is 40.6 Å². The molecule has 2 heterocycles. The maximum Gasteiger partial charge on any atom is 0.232 e. The summed E-state index contributed by atoms with van der Waals surface area (Å²) in [5.74, 6) is 0.000872. The van der Waals surface area contributed by atoms with Crippen molar-refractivity contribution >= 4 is 17.5 Å². The summed E-state index contributed by atoms with van der Waals surface area (Å²) in [5.41, 5.74) is 2.24. The molecule has 1 aromatic rings. The number of benzene rings is 1. The highest BCUT2D eigenvalue weighted by Crippen LogP contribution is 2.34. The Morgan fingerprint density at radius 3 is 2.62 bits per heavy atom. The fourth-order valence-electron chi connectivity index (χ4n) is 3.49. The van der Waals surface area contributed by atoms with Gasteiger partial charge in [0.25, 0.3) is 0 Å². The third kappa shape index (κ3) is 2.33. The molecule has 2 aliphatic rings. The molecule has 0 radical (unpaired) electrons. The van der Waals surface area contributed by atoms with E-state index in [4.69, 9.17) is 0 Å². The van der Waals surface area contributed by atoms with Crippen LogP contribution in [0.1, 0.15) is 32.8 Å². The molecule has 2 amide bonds. The van der Waals surface area contributed by atoms with Gasteiger partial charge in [-0.1, -0.05) is 18.2 Å². The summed E-state index contributed by atoms with van der Waals surface area (Å²) < 4.78 is 0. The molecule has 2 aliphatic heterocycles. The number of hydrogen-bond donors (Lipinski definition) is 0. The number of para-hydroxylation sites is 1. The summed E-state index contributed by atoms with van der Waals surface area (Å²) >= 11 is 0. The number of likely N-dealkylation sites (tertiary alicyclic amines) is 1. The fourth-order valence-corrected chi connectivity index (χ4v) is 3.49. The van der Waals surface area contributed by atoms with E-state index in [9.17, 15) is 9.59 Å². The SMILES string of the molecule is CC(C)N1C[C@@H](C(=O)N2c3ccccc3C[C@H]2C)CC1=O. The van der Waals surface area contributed by atoms with E-state index in [1.807, 2.05) is 41.8 Å². The van der Waals surface area contributed by atoms with Crippen molar-refractivity contribution in [1.82, 2.24) is 4.90 Å². The summed E-state index contributed by atoms with van der Waals surface area (Å²) in [6, 6.07) is 8.42. The molecule has 0 spiro atoms. The van der Waals surface area contributed by atoms with E-state index < -0.39 is 0 Å². The first-order valence-corrected chi connectivity index (χ1v) is 7.69. The normalized spacial score (nSPS) is 24.9. The molecule has 1 fully saturated rings. The number of fused-ring (bicyclic) bond motifs is 1. The lowest BCUT2D eigenvalue weighted by atomic mass is 10.1. The van der Waals surface area contributed by atoms with Gasteiger partial charge in [-0.25, -0.2) is 0 Å². The molecule has 0 aromatic heterocycles. The van der Waals surface area contributed by atoms with Crippen molar-refractivity contribution in [3.8, 4) is 0 Å². The van der Waals surface area contributed by atoms with Crippen LogP contribution in [-0.4, -0.2) is 35.3 Å². The number of carbonyl (C=O) groups is 2. The Morgan fingerprint density at radius 1 is 1.24 bits per heavy atom. The molecule has 4 heteroatoms. The molecule has 2 atom stereocenters. The second-order valence-electron chi connectivity index (χ2n) is 6.43. The van der Waals surface area contributed by atoms with Crippen LogP contribution in [0, 0.1) is 5.92 Å². The van der Waals surface area contributed by atoms with E-state index in [1.54, 1.807) is 0 Å². The van der Waals surface area contributed by atoms with Gasteiger partial charge in [0.15, 0.2) is 0 Å². The van der Waals surface area contributed by atoms with Crippen LogP contribution in [0.2, 0.25) is 0 Å². The highest BCUT2D eigenvalue weighted by molar-refractivity contribution is 6.01. The molecule has 0 N–H and O–H groups in total. The summed E-state index contributed by atoms with van der Waals surface area (Å²) in [7, 11) is 0. The van der Waals surface area contributed by atoms with E-state index in [-0.39, 0.29) is 29.8 Å². The van der Waals surface area contributed by atoms with Crippen molar-refractivity contribution in [1.29, 1.82) is 0 Å². The quantitative estimate of drug-likeness (QED) is 0.836. The van der Waals surface area contributed by atoms with Crippen LogP contribution in [0.15, 0.2) is 24.3 Å². The van der Waals surface area contributed by atoms with E-state index in [1.165, 1.54) is 5.56 Å². The maximum atomic E-state index is 12.9. The van der Waals surface area contributed by atoms with Crippen molar-refractivity contribution in [3.63, 3.8) is 0 Å². The monoisotopic (exact) mass is 286 g/mol. The Labute approximate surface area is 125 Å². The standard InChI is InChI=1S/C17H22N2O2/c1-11(2)18-10-14(9-16(18)20)17(21)19-12(3)8-13-6-4-5-7-15(13)19/h4-7,11-12,14H,8-10H2,1-3H3/t12-,14+/m1/s1. The molecule has 0 aliphatic carbocycles. The summed E-state index contributed by atoms with van der Waals surface area (Å²) in [6.07, 6.45) is 1.25. The van der Waals surface area contributed by atoms with Gasteiger partial charge < -0.3 is 9.80 Å². The first-order valence-electron chi connectivity index (χ1n) is 7.69. The van der Waals surface area contributed by atoms with Crippen molar-refractivity contribution in [2.24, 2.45) is 5.92 Å². The number of nitrogens with zero attached hydrogens (tertiary/aromatic N) is 2. The van der Waals surface area contributed by atoms with Crippen molar-refractivity contribution in [2.45, 2.75) is 45.7 Å². The highest BCUT2D eigenvalue weighted by atomic mass is 16.2. The van der Waals surface area contributed by atoms with E-state index in [0.717, 1.165) is 12.1 Å². The molecule has 21 heavy (non-hydrogen) atoms. The lowest BCUT2D eigenvalue weighted by Crippen LogP contribution is -2.41. The molecular formula is C17H22N2O2. The average molecular weight is 286 g/mol. The number of anilines is 1. The zero-order valence-corrected chi connectivity index (χ0v) is 12.9. The van der Waals surface area contributed by atoms with Gasteiger partial charge in [-0.3, -0.25) is 9.59 Å². The van der Waals surface area contributed by atoms with Crippen molar-refractivity contribution in [2.75, 3.05) is 11.4 Å². The molecule has 1 saturated heterocycles. The highest BCUT2D eigenvalue weighted by Gasteiger charge is 2.41. The second kappa shape index (κ2) is 5.17. The zero-order chi connectivity index (χ0) is 15.1. The van der Waals surface area contributed by atoms with Gasteiger partial charge in [-0.05, 0) is 38.8 Å². The first kappa shape index (κ1) is 14.1. The molecular weight excluding hydrogens is 264 g/mol.